The molecule has 5 aliphatic carbocycles. The van der Waals surface area contributed by atoms with Crippen LogP contribution in [0.2, 0.25) is 13.1 Å². The number of unbranched alkanes of at least 4 members (excludes halogenated alkanes) is 8. The molecule has 5 heteroatoms. The van der Waals surface area contributed by atoms with E-state index in [1.165, 1.54) is 103 Å². The van der Waals surface area contributed by atoms with Gasteiger partial charge >= 0.3 is 240 Å². The number of halogens is 2. The molecule has 1 nitrogen and oxygen atoms in total. The van der Waals surface area contributed by atoms with Crippen molar-refractivity contribution < 1.29 is 17.4 Å². The topological polar surface area (TPSA) is 12.0 Å². The normalized spacial score (nSPS) is 29.3. The second-order valence-corrected chi connectivity index (χ2v) is 26.8. The Bertz CT molecular complexity index is 772. The van der Waals surface area contributed by atoms with E-state index < -0.39 is 24.0 Å². The molecule has 0 aliphatic heterocycles. The van der Waals surface area contributed by atoms with E-state index >= 15 is 0 Å². The molecule has 0 spiro atoms. The first-order valence-corrected chi connectivity index (χ1v) is 24.2. The van der Waals surface area contributed by atoms with Crippen LogP contribution in [0.3, 0.4) is 0 Å². The van der Waals surface area contributed by atoms with Crippen LogP contribution in [0.1, 0.15) is 150 Å². The molecule has 39 heavy (non-hydrogen) atoms. The summed E-state index contributed by atoms with van der Waals surface area (Å²) in [7, 11) is 0. The minimum Gasteiger partial charge on any atom is -0.147 e. The molecule has 5 aliphatic rings. The van der Waals surface area contributed by atoms with Crippen molar-refractivity contribution in [3.63, 3.8) is 0 Å². The van der Waals surface area contributed by atoms with Crippen LogP contribution in [0.5, 0.6) is 0 Å². The Kier molecular flexibility index (Phi) is 16.0. The average molecular weight is 634 g/mol. The Labute approximate surface area is 263 Å². The Morgan fingerprint density at radius 3 is 1.72 bits per heavy atom. The van der Waals surface area contributed by atoms with Gasteiger partial charge in [0.25, 0.3) is 0 Å². The largest absolute Gasteiger partial charge is 0.147 e. The molecular weight excluding hydrogens is 569 g/mol. The molecule has 0 aromatic carbocycles. The third kappa shape index (κ3) is 8.98. The van der Waals surface area contributed by atoms with Crippen LogP contribution >= 0.6 is 24.8 Å². The fourth-order valence-electron chi connectivity index (χ4n) is 9.43. The van der Waals surface area contributed by atoms with Crippen molar-refractivity contribution in [3.05, 3.63) is 20.6 Å². The third-order valence-corrected chi connectivity index (χ3v) is 22.5. The monoisotopic (exact) mass is 632 g/mol. The minimum atomic E-state index is -1.47. The van der Waals surface area contributed by atoms with Crippen molar-refractivity contribution >= 4 is 31.5 Å². The molecule has 0 aromatic heterocycles. The Balaban J connectivity index is 0.00000267. The molecule has 1 unspecified atom stereocenters. The third-order valence-electron chi connectivity index (χ3n) is 10.8. The Morgan fingerprint density at radius 2 is 1.21 bits per heavy atom. The molecule has 0 aromatic rings. The molecule has 1 atom stereocenters. The van der Waals surface area contributed by atoms with E-state index in [0.29, 0.717) is 5.54 Å². The summed E-state index contributed by atoms with van der Waals surface area (Å²) >= 11 is -1.47. The molecule has 0 amide bonds. The zero-order chi connectivity index (χ0) is 26.4. The van der Waals surface area contributed by atoms with Gasteiger partial charge in [0.15, 0.2) is 0 Å². The van der Waals surface area contributed by atoms with E-state index in [9.17, 15) is 0 Å². The van der Waals surface area contributed by atoms with Crippen LogP contribution in [0.15, 0.2) is 20.6 Å². The van der Waals surface area contributed by atoms with Gasteiger partial charge in [0.2, 0.25) is 0 Å². The van der Waals surface area contributed by atoms with E-state index in [4.69, 9.17) is 3.80 Å². The summed E-state index contributed by atoms with van der Waals surface area (Å²) in [6, 6.07) is 0. The molecule has 4 saturated carbocycles. The maximum atomic E-state index is 4.75. The summed E-state index contributed by atoms with van der Waals surface area (Å²) in [5.41, 5.74) is 6.27. The van der Waals surface area contributed by atoms with E-state index in [-0.39, 0.29) is 24.8 Å². The van der Waals surface area contributed by atoms with Crippen molar-refractivity contribution in [2.24, 2.45) is 23.7 Å². The Morgan fingerprint density at radius 1 is 0.718 bits per heavy atom. The van der Waals surface area contributed by atoms with Crippen LogP contribution < -0.4 is 3.80 Å². The van der Waals surface area contributed by atoms with Crippen LogP contribution in [0.4, 0.5) is 0 Å². The maximum Gasteiger partial charge on any atom is -0.147 e. The smallest absolute Gasteiger partial charge is 0.147 e. The number of hydrogen-bond acceptors (Lipinski definition) is 1. The quantitative estimate of drug-likeness (QED) is 0.124. The first-order valence-electron chi connectivity index (χ1n) is 17.0. The number of hydrogen-bond donors (Lipinski definition) is 1. The number of allylic oxidation sites excluding steroid dienone is 4. The summed E-state index contributed by atoms with van der Waals surface area (Å²) in [6.45, 7) is 14.6. The average Bonchev–Trinajstić information content (AvgIpc) is 3.11. The first kappa shape index (κ1) is 36.1. The predicted octanol–water partition coefficient (Wildman–Crippen LogP) is 11.2. The number of rotatable bonds is 17. The number of nitrogens with one attached hydrogen (secondary N) is 1. The van der Waals surface area contributed by atoms with Gasteiger partial charge in [-0.3, -0.25) is 0 Å². The van der Waals surface area contributed by atoms with Crippen molar-refractivity contribution in [2.75, 3.05) is 0 Å². The zero-order valence-corrected chi connectivity index (χ0v) is 31.0. The second-order valence-electron chi connectivity index (χ2n) is 14.2. The molecule has 0 heterocycles. The summed E-state index contributed by atoms with van der Waals surface area (Å²) in [6.07, 6.45) is 27.6. The molecule has 0 radical (unpaired) electrons. The van der Waals surface area contributed by atoms with Gasteiger partial charge in [0.1, 0.15) is 0 Å². The summed E-state index contributed by atoms with van der Waals surface area (Å²) in [5, 5.41) is 0. The zero-order valence-electron chi connectivity index (χ0n) is 26.6. The van der Waals surface area contributed by atoms with Gasteiger partial charge in [-0.15, -0.1) is 24.8 Å². The SMILES string of the molecule is CCCCCCCCC1=C(CCCCCC)C(CC)=[C]([Ti]([NH]C23CC4CC(CC(C4)C2)C3)[SiH](C)C)C1C.Cl.Cl. The van der Waals surface area contributed by atoms with Gasteiger partial charge in [0.05, 0.1) is 0 Å². The summed E-state index contributed by atoms with van der Waals surface area (Å²) in [5.74, 6) is 3.94. The van der Waals surface area contributed by atoms with Crippen LogP contribution in [-0.2, 0) is 17.4 Å². The van der Waals surface area contributed by atoms with Crippen molar-refractivity contribution in [1.82, 2.24) is 3.80 Å². The van der Waals surface area contributed by atoms with Gasteiger partial charge in [0, 0.05) is 0 Å². The van der Waals surface area contributed by atoms with Crippen LogP contribution in [0, 0.1) is 23.7 Å². The maximum absolute atomic E-state index is 4.75. The predicted molar refractivity (Wildman–Crippen MR) is 178 cm³/mol. The molecule has 1 N–H and O–H groups in total. The van der Waals surface area contributed by atoms with E-state index in [2.05, 4.69) is 44.7 Å². The minimum absolute atomic E-state index is 0. The first-order chi connectivity index (χ1) is 17.9. The van der Waals surface area contributed by atoms with Crippen molar-refractivity contribution in [2.45, 2.75) is 168 Å². The van der Waals surface area contributed by atoms with Crippen molar-refractivity contribution in [3.8, 4) is 0 Å². The molecule has 4 bridgehead atoms. The molecular formula is C34H64Cl2NSiTi. The molecule has 5 rings (SSSR count). The summed E-state index contributed by atoms with van der Waals surface area (Å²) < 4.78 is 6.81. The fraction of sp³-hybridized carbons (Fsp3) is 0.882. The Hall–Kier alpha value is 0.951. The van der Waals surface area contributed by atoms with Gasteiger partial charge in [-0.05, 0) is 0 Å². The molecule has 4 fully saturated rings. The van der Waals surface area contributed by atoms with E-state index in [0.717, 1.165) is 23.7 Å². The van der Waals surface area contributed by atoms with Gasteiger partial charge < -0.3 is 0 Å². The summed E-state index contributed by atoms with van der Waals surface area (Å²) in [4.78, 5) is 0. The standard InChI is InChI=1S/C22H39.C10H16N.C2H7Si.2ClH.Ti/c1-5-8-10-12-13-15-16-21-19(4)18-20(7-3)22(21)17-14-11-9-6-2;11-10-4-7-1-8(5-10)3-9(2-7)6-10;1-3-2;;;/h19H,5-17H2,1-4H3;7-9,11H,1-6H2;3H,1-2H3;2*1H;/q;-1;;;;+1. The van der Waals surface area contributed by atoms with E-state index in [1.807, 2.05) is 16.7 Å². The van der Waals surface area contributed by atoms with Crippen LogP contribution in [-0.4, -0.2) is 12.2 Å². The van der Waals surface area contributed by atoms with E-state index in [1.54, 1.807) is 19.3 Å². The second kappa shape index (κ2) is 17.3. The van der Waals surface area contributed by atoms with Gasteiger partial charge in [-0.2, -0.15) is 0 Å². The van der Waals surface area contributed by atoms with Gasteiger partial charge in [-0.1, -0.05) is 0 Å². The molecule has 0 saturated heterocycles. The fourth-order valence-corrected chi connectivity index (χ4v) is 21.2. The van der Waals surface area contributed by atoms with Gasteiger partial charge in [-0.25, -0.2) is 0 Å². The molecule has 227 valence electrons. The van der Waals surface area contributed by atoms with Crippen molar-refractivity contribution in [1.29, 1.82) is 0 Å². The van der Waals surface area contributed by atoms with Crippen LogP contribution in [0.25, 0.3) is 0 Å².